The van der Waals surface area contributed by atoms with Crippen molar-refractivity contribution in [3.05, 3.63) is 71.9 Å². The molecule has 4 N–H and O–H groups in total. The van der Waals surface area contributed by atoms with Gasteiger partial charge >= 0.3 is 11.9 Å². The number of benzene rings is 2. The van der Waals surface area contributed by atoms with Crippen LogP contribution in [0.3, 0.4) is 0 Å². The molecule has 27 heavy (non-hydrogen) atoms. The normalized spacial score (nSPS) is 11.6. The first kappa shape index (κ1) is 20.2. The number of hydrogen-bond donors (Lipinski definition) is 3. The van der Waals surface area contributed by atoms with Crippen LogP contribution in [0.2, 0.25) is 0 Å². The largest absolute Gasteiger partial charge is 0.478 e. The van der Waals surface area contributed by atoms with Gasteiger partial charge in [0.05, 0.1) is 11.7 Å². The second kappa shape index (κ2) is 9.54. The zero-order chi connectivity index (χ0) is 19.8. The molecule has 0 saturated heterocycles. The first-order valence-corrected chi connectivity index (χ1v) is 8.68. The highest BCUT2D eigenvalue weighted by molar-refractivity contribution is 5.87. The Hall–Kier alpha value is -3.12. The molecule has 0 unspecified atom stereocenters. The van der Waals surface area contributed by atoms with Gasteiger partial charge in [-0.1, -0.05) is 36.4 Å². The van der Waals surface area contributed by atoms with Crippen molar-refractivity contribution in [1.82, 2.24) is 4.98 Å². The molecule has 0 aliphatic heterocycles. The van der Waals surface area contributed by atoms with E-state index in [1.165, 1.54) is 0 Å². The molecule has 0 fully saturated rings. The molecule has 0 saturated carbocycles. The van der Waals surface area contributed by atoms with Crippen molar-refractivity contribution in [1.29, 1.82) is 0 Å². The van der Waals surface area contributed by atoms with Gasteiger partial charge in [0, 0.05) is 23.5 Å². The number of para-hydroxylation sites is 1. The van der Waals surface area contributed by atoms with Crippen LogP contribution < -0.4 is 5.73 Å². The Morgan fingerprint density at radius 2 is 1.70 bits per heavy atom. The molecule has 1 atom stereocenters. The van der Waals surface area contributed by atoms with Crippen molar-refractivity contribution >= 4 is 22.8 Å². The summed E-state index contributed by atoms with van der Waals surface area (Å²) in [4.78, 5) is 25.0. The van der Waals surface area contributed by atoms with Crippen molar-refractivity contribution in [3.8, 4) is 0 Å². The third-order valence-corrected chi connectivity index (χ3v) is 3.79. The minimum absolute atomic E-state index is 0.133. The highest BCUT2D eigenvalue weighted by Gasteiger charge is 2.18. The molecule has 0 spiro atoms. The van der Waals surface area contributed by atoms with Crippen LogP contribution in [0.15, 0.2) is 60.8 Å². The first-order chi connectivity index (χ1) is 12.9. The van der Waals surface area contributed by atoms with Crippen molar-refractivity contribution in [3.63, 3.8) is 0 Å². The fourth-order valence-corrected chi connectivity index (χ4v) is 2.52. The molecule has 3 aromatic rings. The smallest absolute Gasteiger partial charge is 0.335 e. The molecular formula is C21H24N2O4. The molecule has 0 aliphatic rings. The molecule has 1 aromatic heterocycles. The van der Waals surface area contributed by atoms with Gasteiger partial charge in [0.2, 0.25) is 0 Å². The van der Waals surface area contributed by atoms with Gasteiger partial charge in [-0.15, -0.1) is 0 Å². The lowest BCUT2D eigenvalue weighted by Crippen LogP contribution is -2.35. The molecule has 6 nitrogen and oxygen atoms in total. The maximum atomic E-state index is 11.7. The zero-order valence-corrected chi connectivity index (χ0v) is 15.4. The molecule has 0 radical (unpaired) electrons. The van der Waals surface area contributed by atoms with Gasteiger partial charge < -0.3 is 20.6 Å². The molecule has 142 valence electrons. The second-order valence-corrected chi connectivity index (χ2v) is 6.33. The summed E-state index contributed by atoms with van der Waals surface area (Å²) in [5.74, 6) is -1.23. The minimum Gasteiger partial charge on any atom is -0.478 e. The number of aromatic carboxylic acids is 1. The number of rotatable bonds is 5. The van der Waals surface area contributed by atoms with Crippen molar-refractivity contribution in [2.24, 2.45) is 5.73 Å². The Kier molecular flexibility index (Phi) is 7.14. The molecule has 1 heterocycles. The molecular weight excluding hydrogens is 344 g/mol. The number of carboxylic acids is 1. The van der Waals surface area contributed by atoms with Crippen LogP contribution in [0, 0.1) is 0 Å². The number of aromatic amines is 1. The van der Waals surface area contributed by atoms with Crippen molar-refractivity contribution in [2.75, 3.05) is 0 Å². The van der Waals surface area contributed by atoms with Gasteiger partial charge in [-0.25, -0.2) is 4.79 Å². The number of nitrogens with one attached hydrogen (secondary N) is 1. The number of carboxylic acid groups (broad SMARTS) is 1. The number of hydrogen-bond acceptors (Lipinski definition) is 4. The highest BCUT2D eigenvalue weighted by Crippen LogP contribution is 2.19. The van der Waals surface area contributed by atoms with Gasteiger partial charge in [0.1, 0.15) is 6.04 Å². The van der Waals surface area contributed by atoms with E-state index in [0.29, 0.717) is 12.0 Å². The monoisotopic (exact) mass is 368 g/mol. The lowest BCUT2D eigenvalue weighted by molar-refractivity contribution is -0.148. The van der Waals surface area contributed by atoms with E-state index in [1.54, 1.807) is 30.3 Å². The second-order valence-electron chi connectivity index (χ2n) is 6.33. The van der Waals surface area contributed by atoms with E-state index >= 15 is 0 Å². The van der Waals surface area contributed by atoms with Crippen LogP contribution in [0.4, 0.5) is 0 Å². The summed E-state index contributed by atoms with van der Waals surface area (Å²) in [5, 5.41) is 9.49. The number of nitrogens with two attached hydrogens (primary N) is 1. The van der Waals surface area contributed by atoms with E-state index in [2.05, 4.69) is 4.98 Å². The number of ether oxygens (including phenoxy) is 1. The Labute approximate surface area is 158 Å². The maximum Gasteiger partial charge on any atom is 0.335 e. The van der Waals surface area contributed by atoms with Crippen molar-refractivity contribution in [2.45, 2.75) is 32.4 Å². The number of H-pyrrole nitrogens is 1. The van der Waals surface area contributed by atoms with Crippen LogP contribution in [0.5, 0.6) is 0 Å². The fraction of sp³-hybridized carbons (Fsp3) is 0.238. The van der Waals surface area contributed by atoms with E-state index in [9.17, 15) is 9.59 Å². The predicted molar refractivity (Wildman–Crippen MR) is 105 cm³/mol. The average molecular weight is 368 g/mol. The molecule has 0 bridgehead atoms. The van der Waals surface area contributed by atoms with Gasteiger partial charge in [-0.05, 0) is 37.6 Å². The lowest BCUT2D eigenvalue weighted by atomic mass is 10.1. The van der Waals surface area contributed by atoms with Gasteiger partial charge in [0.25, 0.3) is 0 Å². The topological polar surface area (TPSA) is 105 Å². The summed E-state index contributed by atoms with van der Waals surface area (Å²) in [5.41, 5.74) is 8.28. The molecule has 2 aromatic carbocycles. The number of fused-ring (bicyclic) bond motifs is 1. The number of carbonyl (C=O) groups excluding carboxylic acids is 1. The highest BCUT2D eigenvalue weighted by atomic mass is 16.5. The Bertz CT molecular complexity index is 887. The summed E-state index contributed by atoms with van der Waals surface area (Å²) in [6.07, 6.45) is 2.24. The number of esters is 1. The van der Waals surface area contributed by atoms with Crippen LogP contribution in [-0.4, -0.2) is 34.2 Å². The van der Waals surface area contributed by atoms with E-state index in [-0.39, 0.29) is 12.1 Å². The average Bonchev–Trinajstić information content (AvgIpc) is 3.05. The van der Waals surface area contributed by atoms with E-state index < -0.39 is 12.0 Å². The lowest BCUT2D eigenvalue weighted by Gasteiger charge is -2.13. The third kappa shape index (κ3) is 5.97. The van der Waals surface area contributed by atoms with Gasteiger partial charge in [0.15, 0.2) is 0 Å². The molecule has 0 amide bonds. The zero-order valence-electron chi connectivity index (χ0n) is 15.4. The van der Waals surface area contributed by atoms with E-state index in [4.69, 9.17) is 15.6 Å². The maximum absolute atomic E-state index is 11.7. The van der Waals surface area contributed by atoms with Crippen LogP contribution in [-0.2, 0) is 16.0 Å². The summed E-state index contributed by atoms with van der Waals surface area (Å²) in [6.45, 7) is 3.63. The van der Waals surface area contributed by atoms with Crippen molar-refractivity contribution < 1.29 is 19.4 Å². The van der Waals surface area contributed by atoms with Crippen LogP contribution in [0.1, 0.15) is 29.8 Å². The quantitative estimate of drug-likeness (QED) is 0.599. The molecule has 0 aliphatic carbocycles. The first-order valence-electron chi connectivity index (χ1n) is 8.68. The predicted octanol–water partition coefficient (Wildman–Crippen LogP) is 3.37. The third-order valence-electron chi connectivity index (χ3n) is 3.79. The molecule has 6 heteroatoms. The number of aromatic nitrogens is 1. The minimum atomic E-state index is -0.879. The van der Waals surface area contributed by atoms with Crippen LogP contribution in [0.25, 0.3) is 10.9 Å². The number of carbonyl (C=O) groups is 2. The Morgan fingerprint density at radius 1 is 1.07 bits per heavy atom. The van der Waals surface area contributed by atoms with E-state index in [1.807, 2.05) is 44.3 Å². The fourth-order valence-electron chi connectivity index (χ4n) is 2.52. The Morgan fingerprint density at radius 3 is 2.30 bits per heavy atom. The summed E-state index contributed by atoms with van der Waals surface area (Å²) in [6, 6.07) is 15.6. The SMILES string of the molecule is CC(C)OC(=O)[C@@H](N)Cc1c[nH]c2ccccc12.O=C(O)c1ccccc1. The van der Waals surface area contributed by atoms with Crippen LogP contribution >= 0.6 is 0 Å². The molecule has 3 rings (SSSR count). The summed E-state index contributed by atoms with van der Waals surface area (Å²) >= 11 is 0. The Balaban J connectivity index is 0.000000244. The van der Waals surface area contributed by atoms with Gasteiger partial charge in [-0.2, -0.15) is 0 Å². The van der Waals surface area contributed by atoms with Gasteiger partial charge in [-0.3, -0.25) is 4.79 Å². The summed E-state index contributed by atoms with van der Waals surface area (Å²) < 4.78 is 5.10. The standard InChI is InChI=1S/C14H18N2O2.C7H6O2/c1-9(2)18-14(17)12(15)7-10-8-16-13-6-4-3-5-11(10)13;8-7(9)6-4-2-1-3-5-6/h3-6,8-9,12,16H,7,15H2,1-2H3;1-5H,(H,8,9)/t12-;/m0./s1. The summed E-state index contributed by atoms with van der Waals surface area (Å²) in [7, 11) is 0. The van der Waals surface area contributed by atoms with E-state index in [0.717, 1.165) is 16.5 Å².